The fourth-order valence-electron chi connectivity index (χ4n) is 0.439. The second kappa shape index (κ2) is 3.94. The Hall–Kier alpha value is -1.26. The number of hydrogen-bond donors (Lipinski definition) is 0. The first kappa shape index (κ1) is 10.7. The lowest BCUT2D eigenvalue weighted by Crippen LogP contribution is -2.24. The SMILES string of the molecule is CC(C)(C)N=CC(C=O)[N+](=O)[O-]. The van der Waals surface area contributed by atoms with Crippen molar-refractivity contribution in [3.63, 3.8) is 0 Å². The largest absolute Gasteiger partial charge is 0.301 e. The van der Waals surface area contributed by atoms with Gasteiger partial charge in [0.25, 0.3) is 0 Å². The number of carbonyl (C=O) groups is 1. The highest BCUT2D eigenvalue weighted by Crippen LogP contribution is 2.04. The van der Waals surface area contributed by atoms with Crippen molar-refractivity contribution in [3.8, 4) is 0 Å². The molecule has 0 aromatic rings. The number of nitrogens with zero attached hydrogens (tertiary/aromatic N) is 2. The van der Waals surface area contributed by atoms with Crippen molar-refractivity contribution in [3.05, 3.63) is 10.1 Å². The number of rotatable bonds is 3. The predicted molar refractivity (Wildman–Crippen MR) is 45.1 cm³/mol. The molecule has 0 radical (unpaired) electrons. The molecule has 0 amide bonds. The fourth-order valence-corrected chi connectivity index (χ4v) is 0.439. The number of aliphatic imine (C=N–C) groups is 1. The first-order chi connectivity index (χ1) is 5.37. The van der Waals surface area contributed by atoms with Crippen LogP contribution in [-0.2, 0) is 4.79 Å². The van der Waals surface area contributed by atoms with E-state index >= 15 is 0 Å². The second-order valence-electron chi connectivity index (χ2n) is 3.36. The third-order valence-electron chi connectivity index (χ3n) is 0.997. The van der Waals surface area contributed by atoms with Crippen LogP contribution in [0.25, 0.3) is 0 Å². The summed E-state index contributed by atoms with van der Waals surface area (Å²) in [6.45, 7) is 5.39. The average molecular weight is 172 g/mol. The highest BCUT2D eigenvalue weighted by atomic mass is 16.6. The summed E-state index contributed by atoms with van der Waals surface area (Å²) >= 11 is 0. The van der Waals surface area contributed by atoms with Crippen molar-refractivity contribution in [2.45, 2.75) is 32.4 Å². The Bertz CT molecular complexity index is 205. The van der Waals surface area contributed by atoms with Crippen LogP contribution in [0.1, 0.15) is 20.8 Å². The summed E-state index contributed by atoms with van der Waals surface area (Å²) in [7, 11) is 0. The van der Waals surface area contributed by atoms with Gasteiger partial charge in [-0.1, -0.05) is 0 Å². The zero-order chi connectivity index (χ0) is 9.78. The van der Waals surface area contributed by atoms with Crippen molar-refractivity contribution in [1.82, 2.24) is 0 Å². The van der Waals surface area contributed by atoms with Crippen LogP contribution >= 0.6 is 0 Å². The van der Waals surface area contributed by atoms with E-state index in [-0.39, 0.29) is 11.8 Å². The summed E-state index contributed by atoms with van der Waals surface area (Å²) in [6, 6.07) is -1.32. The van der Waals surface area contributed by atoms with Gasteiger partial charge in [-0.15, -0.1) is 0 Å². The summed E-state index contributed by atoms with van der Waals surface area (Å²) in [6.07, 6.45) is 1.32. The van der Waals surface area contributed by atoms with E-state index in [1.165, 1.54) is 0 Å². The first-order valence-corrected chi connectivity index (χ1v) is 3.51. The molecule has 5 heteroatoms. The Kier molecular flexibility index (Phi) is 3.53. The Morgan fingerprint density at radius 1 is 1.50 bits per heavy atom. The molecule has 0 aliphatic rings. The molecule has 0 aromatic carbocycles. The van der Waals surface area contributed by atoms with Crippen molar-refractivity contribution in [2.75, 3.05) is 0 Å². The van der Waals surface area contributed by atoms with Gasteiger partial charge in [-0.3, -0.25) is 19.9 Å². The third kappa shape index (κ3) is 4.54. The van der Waals surface area contributed by atoms with Gasteiger partial charge in [0.15, 0.2) is 6.29 Å². The molecule has 0 aliphatic heterocycles. The molecule has 0 saturated heterocycles. The third-order valence-corrected chi connectivity index (χ3v) is 0.997. The minimum atomic E-state index is -1.32. The highest BCUT2D eigenvalue weighted by Gasteiger charge is 2.16. The van der Waals surface area contributed by atoms with Gasteiger partial charge >= 0.3 is 6.04 Å². The van der Waals surface area contributed by atoms with E-state index in [1.807, 2.05) is 0 Å². The average Bonchev–Trinajstić information content (AvgIpc) is 1.85. The highest BCUT2D eigenvalue weighted by molar-refractivity contribution is 5.83. The van der Waals surface area contributed by atoms with Crippen molar-refractivity contribution in [1.29, 1.82) is 0 Å². The van der Waals surface area contributed by atoms with Gasteiger partial charge in [-0.05, 0) is 20.8 Å². The van der Waals surface area contributed by atoms with Gasteiger partial charge in [-0.25, -0.2) is 0 Å². The Balaban J connectivity index is 4.30. The molecule has 5 nitrogen and oxygen atoms in total. The summed E-state index contributed by atoms with van der Waals surface area (Å²) in [5.41, 5.74) is -0.378. The molecule has 0 spiro atoms. The van der Waals surface area contributed by atoms with Crippen LogP contribution in [0.2, 0.25) is 0 Å². The van der Waals surface area contributed by atoms with E-state index in [2.05, 4.69) is 4.99 Å². The van der Waals surface area contributed by atoms with Gasteiger partial charge in [0, 0.05) is 4.92 Å². The van der Waals surface area contributed by atoms with E-state index in [0.29, 0.717) is 0 Å². The van der Waals surface area contributed by atoms with Gasteiger partial charge in [-0.2, -0.15) is 0 Å². The molecule has 1 unspecified atom stereocenters. The Labute approximate surface area is 70.6 Å². The summed E-state index contributed by atoms with van der Waals surface area (Å²) in [4.78, 5) is 23.4. The monoisotopic (exact) mass is 172 g/mol. The van der Waals surface area contributed by atoms with Crippen LogP contribution in [0.3, 0.4) is 0 Å². The van der Waals surface area contributed by atoms with Gasteiger partial charge in [0.2, 0.25) is 0 Å². The quantitative estimate of drug-likeness (QED) is 0.272. The standard InChI is InChI=1S/C7H12N2O3/c1-7(2,3)8-4-6(5-10)9(11)12/h4-6H,1-3H3. The molecule has 0 aliphatic carbocycles. The summed E-state index contributed by atoms with van der Waals surface area (Å²) < 4.78 is 0. The number of hydrogen-bond acceptors (Lipinski definition) is 4. The molecular formula is C7H12N2O3. The fraction of sp³-hybridized carbons (Fsp3) is 0.714. The molecule has 0 bridgehead atoms. The van der Waals surface area contributed by atoms with Crippen LogP contribution in [0.4, 0.5) is 0 Å². The lowest BCUT2D eigenvalue weighted by Gasteiger charge is -2.10. The molecule has 0 N–H and O–H groups in total. The molecule has 0 heterocycles. The van der Waals surface area contributed by atoms with Crippen molar-refractivity contribution >= 4 is 12.5 Å². The van der Waals surface area contributed by atoms with Crippen LogP contribution < -0.4 is 0 Å². The smallest absolute Gasteiger partial charge is 0.295 e. The van der Waals surface area contributed by atoms with Gasteiger partial charge in [0.1, 0.15) is 0 Å². The van der Waals surface area contributed by atoms with E-state index in [0.717, 1.165) is 6.21 Å². The number of carbonyl (C=O) groups excluding carboxylic acids is 1. The van der Waals surface area contributed by atoms with E-state index in [1.54, 1.807) is 20.8 Å². The Morgan fingerprint density at radius 2 is 2.00 bits per heavy atom. The Morgan fingerprint density at radius 3 is 2.25 bits per heavy atom. The zero-order valence-electron chi connectivity index (χ0n) is 7.35. The summed E-state index contributed by atoms with van der Waals surface area (Å²) in [5, 5.41) is 10.1. The molecule has 68 valence electrons. The minimum Gasteiger partial charge on any atom is -0.295 e. The maximum Gasteiger partial charge on any atom is 0.301 e. The van der Waals surface area contributed by atoms with Crippen LogP contribution in [0.15, 0.2) is 4.99 Å². The number of nitro groups is 1. The van der Waals surface area contributed by atoms with Gasteiger partial charge < -0.3 is 0 Å². The lowest BCUT2D eigenvalue weighted by atomic mass is 10.1. The number of aldehydes is 1. The van der Waals surface area contributed by atoms with Gasteiger partial charge in [0.05, 0.1) is 11.8 Å². The minimum absolute atomic E-state index is 0.259. The van der Waals surface area contributed by atoms with E-state index < -0.39 is 11.0 Å². The molecule has 12 heavy (non-hydrogen) atoms. The molecule has 0 saturated carbocycles. The van der Waals surface area contributed by atoms with Crippen molar-refractivity contribution in [2.24, 2.45) is 4.99 Å². The maximum atomic E-state index is 10.1. The molecule has 0 rings (SSSR count). The van der Waals surface area contributed by atoms with E-state index in [9.17, 15) is 14.9 Å². The lowest BCUT2D eigenvalue weighted by molar-refractivity contribution is -0.485. The molecule has 0 fully saturated rings. The van der Waals surface area contributed by atoms with Crippen LogP contribution in [0, 0.1) is 10.1 Å². The molecular weight excluding hydrogens is 160 g/mol. The molecule has 0 aromatic heterocycles. The van der Waals surface area contributed by atoms with Crippen molar-refractivity contribution < 1.29 is 9.72 Å². The zero-order valence-corrected chi connectivity index (χ0v) is 7.35. The van der Waals surface area contributed by atoms with Crippen LogP contribution in [-0.4, -0.2) is 29.0 Å². The van der Waals surface area contributed by atoms with E-state index in [4.69, 9.17) is 0 Å². The predicted octanol–water partition coefficient (Wildman–Crippen LogP) is 0.700. The summed E-state index contributed by atoms with van der Waals surface area (Å²) in [5.74, 6) is 0. The van der Waals surface area contributed by atoms with Crippen LogP contribution in [0.5, 0.6) is 0 Å². The second-order valence-corrected chi connectivity index (χ2v) is 3.36. The maximum absolute atomic E-state index is 10.1. The first-order valence-electron chi connectivity index (χ1n) is 3.51. The molecule has 1 atom stereocenters. The topological polar surface area (TPSA) is 72.6 Å². The normalized spacial score (nSPS) is 14.6.